The summed E-state index contributed by atoms with van der Waals surface area (Å²) in [6.07, 6.45) is 0.697. The summed E-state index contributed by atoms with van der Waals surface area (Å²) in [7, 11) is 0. The number of para-hydroxylation sites is 1. The number of hydrogen-bond acceptors (Lipinski definition) is 3. The van der Waals surface area contributed by atoms with Crippen LogP contribution in [0.5, 0.6) is 5.75 Å². The largest absolute Gasteiger partial charge is 0.464 e. The quantitative estimate of drug-likeness (QED) is 0.637. The molecule has 3 aromatic rings. The zero-order valence-electron chi connectivity index (χ0n) is 14.7. The van der Waals surface area contributed by atoms with Gasteiger partial charge in [0.05, 0.1) is 11.8 Å². The highest BCUT2D eigenvalue weighted by Gasteiger charge is 2.40. The van der Waals surface area contributed by atoms with Crippen molar-refractivity contribution in [1.29, 1.82) is 0 Å². The Labute approximate surface area is 153 Å². The molecule has 0 aromatic heterocycles. The highest BCUT2D eigenvalue weighted by Crippen LogP contribution is 2.47. The summed E-state index contributed by atoms with van der Waals surface area (Å²) in [6.45, 7) is 2.11. The smallest absolute Gasteiger partial charge is 0.213 e. The van der Waals surface area contributed by atoms with Crippen molar-refractivity contribution in [1.82, 2.24) is 5.01 Å². The van der Waals surface area contributed by atoms with Crippen LogP contribution in [0, 0.1) is 6.92 Å². The predicted molar refractivity (Wildman–Crippen MR) is 103 cm³/mol. The normalized spacial score (nSPS) is 20.8. The van der Waals surface area contributed by atoms with Gasteiger partial charge in [0, 0.05) is 17.5 Å². The van der Waals surface area contributed by atoms with Crippen molar-refractivity contribution in [2.45, 2.75) is 25.6 Å². The van der Waals surface area contributed by atoms with Crippen LogP contribution in [-0.4, -0.2) is 10.7 Å². The highest BCUT2D eigenvalue weighted by molar-refractivity contribution is 6.01. The van der Waals surface area contributed by atoms with Gasteiger partial charge in [0.2, 0.25) is 6.23 Å². The molecule has 128 valence electrons. The molecule has 3 aromatic carbocycles. The van der Waals surface area contributed by atoms with Gasteiger partial charge in [-0.25, -0.2) is 5.01 Å². The van der Waals surface area contributed by atoms with E-state index in [0.29, 0.717) is 0 Å². The van der Waals surface area contributed by atoms with Crippen molar-refractivity contribution in [2.24, 2.45) is 5.10 Å². The Kier molecular flexibility index (Phi) is 3.52. The first-order chi connectivity index (χ1) is 12.8. The molecular formula is C23H20N2O. The summed E-state index contributed by atoms with van der Waals surface area (Å²) >= 11 is 0. The van der Waals surface area contributed by atoms with Crippen molar-refractivity contribution < 1.29 is 4.74 Å². The van der Waals surface area contributed by atoms with Gasteiger partial charge in [-0.2, -0.15) is 5.10 Å². The van der Waals surface area contributed by atoms with E-state index in [-0.39, 0.29) is 12.3 Å². The van der Waals surface area contributed by atoms with Crippen LogP contribution in [0.2, 0.25) is 0 Å². The standard InChI is InChI=1S/C23H20N2O/c1-16-8-7-11-18(14-16)23-25-21(19-12-5-6-13-22(19)26-23)15-20(24-25)17-9-3-2-4-10-17/h2-14,21,23H,15H2,1H3/t21-,23+/m0/s1. The fourth-order valence-electron chi connectivity index (χ4n) is 3.88. The summed E-state index contributed by atoms with van der Waals surface area (Å²) in [5, 5.41) is 7.13. The second kappa shape index (κ2) is 6.03. The first-order valence-corrected chi connectivity index (χ1v) is 9.03. The third kappa shape index (κ3) is 2.48. The highest BCUT2D eigenvalue weighted by atomic mass is 16.5. The number of aryl methyl sites for hydroxylation is 1. The first kappa shape index (κ1) is 15.2. The van der Waals surface area contributed by atoms with Gasteiger partial charge >= 0.3 is 0 Å². The molecule has 0 spiro atoms. The lowest BCUT2D eigenvalue weighted by Crippen LogP contribution is -2.33. The lowest BCUT2D eigenvalue weighted by molar-refractivity contribution is -0.0190. The van der Waals surface area contributed by atoms with Gasteiger partial charge in [-0.1, -0.05) is 78.4 Å². The predicted octanol–water partition coefficient (Wildman–Crippen LogP) is 5.24. The van der Waals surface area contributed by atoms with Crippen LogP contribution in [-0.2, 0) is 0 Å². The van der Waals surface area contributed by atoms with Crippen LogP contribution in [0.1, 0.15) is 40.9 Å². The van der Waals surface area contributed by atoms with Crippen LogP contribution in [0.4, 0.5) is 0 Å². The van der Waals surface area contributed by atoms with E-state index in [9.17, 15) is 0 Å². The Balaban J connectivity index is 1.61. The van der Waals surface area contributed by atoms with E-state index in [1.54, 1.807) is 0 Å². The number of benzene rings is 3. The molecule has 26 heavy (non-hydrogen) atoms. The zero-order valence-corrected chi connectivity index (χ0v) is 14.7. The molecule has 2 heterocycles. The second-order valence-electron chi connectivity index (χ2n) is 6.93. The SMILES string of the molecule is Cc1cccc([C@H]2Oc3ccccc3[C@@H]3CC(c4ccccc4)=NN23)c1. The number of fused-ring (bicyclic) bond motifs is 3. The minimum Gasteiger partial charge on any atom is -0.464 e. The minimum absolute atomic E-state index is 0.198. The maximum atomic E-state index is 6.39. The van der Waals surface area contributed by atoms with Crippen molar-refractivity contribution in [3.05, 3.63) is 101 Å². The van der Waals surface area contributed by atoms with E-state index >= 15 is 0 Å². The van der Waals surface area contributed by atoms with Gasteiger partial charge in [-0.15, -0.1) is 0 Å². The summed E-state index contributed by atoms with van der Waals surface area (Å²) in [4.78, 5) is 0. The van der Waals surface area contributed by atoms with E-state index in [1.165, 1.54) is 16.7 Å². The molecule has 2 atom stereocenters. The van der Waals surface area contributed by atoms with E-state index in [4.69, 9.17) is 9.84 Å². The molecule has 0 amide bonds. The van der Waals surface area contributed by atoms with Crippen molar-refractivity contribution in [3.63, 3.8) is 0 Å². The van der Waals surface area contributed by atoms with E-state index in [2.05, 4.69) is 78.7 Å². The van der Waals surface area contributed by atoms with Crippen LogP contribution in [0.3, 0.4) is 0 Å². The molecule has 0 fully saturated rings. The molecule has 5 rings (SSSR count). The van der Waals surface area contributed by atoms with Crippen LogP contribution in [0.15, 0.2) is 84.0 Å². The zero-order chi connectivity index (χ0) is 17.5. The van der Waals surface area contributed by atoms with Gasteiger partial charge in [0.25, 0.3) is 0 Å². The van der Waals surface area contributed by atoms with Crippen molar-refractivity contribution >= 4 is 5.71 Å². The molecule has 0 aliphatic carbocycles. The van der Waals surface area contributed by atoms with Gasteiger partial charge in [-0.3, -0.25) is 0 Å². The van der Waals surface area contributed by atoms with Gasteiger partial charge in [0.15, 0.2) is 0 Å². The second-order valence-corrected chi connectivity index (χ2v) is 6.93. The Morgan fingerprint density at radius 2 is 1.73 bits per heavy atom. The number of nitrogens with zero attached hydrogens (tertiary/aromatic N) is 2. The molecule has 2 aliphatic heterocycles. The van der Waals surface area contributed by atoms with Gasteiger partial charge in [0.1, 0.15) is 5.75 Å². The fraction of sp³-hybridized carbons (Fsp3) is 0.174. The third-order valence-corrected chi connectivity index (χ3v) is 5.13. The van der Waals surface area contributed by atoms with Crippen LogP contribution >= 0.6 is 0 Å². The number of ether oxygens (including phenoxy) is 1. The number of hydrazone groups is 1. The first-order valence-electron chi connectivity index (χ1n) is 9.03. The number of rotatable bonds is 2. The minimum atomic E-state index is -0.198. The van der Waals surface area contributed by atoms with E-state index in [1.807, 2.05) is 12.1 Å². The van der Waals surface area contributed by atoms with E-state index in [0.717, 1.165) is 23.4 Å². The average molecular weight is 340 g/mol. The van der Waals surface area contributed by atoms with Gasteiger partial charge in [-0.05, 0) is 18.6 Å². The maximum Gasteiger partial charge on any atom is 0.213 e. The lowest BCUT2D eigenvalue weighted by Gasteiger charge is -2.38. The third-order valence-electron chi connectivity index (χ3n) is 5.13. The lowest BCUT2D eigenvalue weighted by atomic mass is 9.96. The Morgan fingerprint density at radius 1 is 0.923 bits per heavy atom. The van der Waals surface area contributed by atoms with Gasteiger partial charge < -0.3 is 4.74 Å². The summed E-state index contributed by atoms with van der Waals surface area (Å²) < 4.78 is 6.39. The maximum absolute atomic E-state index is 6.39. The summed E-state index contributed by atoms with van der Waals surface area (Å²) in [5.74, 6) is 0.963. The van der Waals surface area contributed by atoms with E-state index < -0.39 is 0 Å². The topological polar surface area (TPSA) is 24.8 Å². The summed E-state index contributed by atoms with van der Waals surface area (Å²) in [5.41, 5.74) is 5.89. The molecule has 3 heteroatoms. The Hall–Kier alpha value is -3.07. The number of hydrogen-bond donors (Lipinski definition) is 0. The molecule has 0 saturated carbocycles. The Morgan fingerprint density at radius 3 is 2.58 bits per heavy atom. The Bertz CT molecular complexity index is 980. The molecule has 0 bridgehead atoms. The monoisotopic (exact) mass is 340 g/mol. The summed E-state index contributed by atoms with van der Waals surface area (Å²) in [6, 6.07) is 27.5. The molecule has 0 saturated heterocycles. The van der Waals surface area contributed by atoms with Crippen LogP contribution in [0.25, 0.3) is 0 Å². The molecule has 0 N–H and O–H groups in total. The fourth-order valence-corrected chi connectivity index (χ4v) is 3.88. The molecular weight excluding hydrogens is 320 g/mol. The molecule has 0 unspecified atom stereocenters. The molecule has 3 nitrogen and oxygen atoms in total. The molecule has 2 aliphatic rings. The van der Waals surface area contributed by atoms with Crippen molar-refractivity contribution in [3.8, 4) is 5.75 Å². The van der Waals surface area contributed by atoms with Crippen molar-refractivity contribution in [2.75, 3.05) is 0 Å². The average Bonchev–Trinajstić information content (AvgIpc) is 3.14. The molecule has 0 radical (unpaired) electrons. The van der Waals surface area contributed by atoms with Crippen LogP contribution < -0.4 is 4.74 Å².